The number of rotatable bonds is 10. The molecule has 0 aromatic rings. The Hall–Kier alpha value is -0.610. The third-order valence-electron chi connectivity index (χ3n) is 4.24. The molecule has 0 spiro atoms. The van der Waals surface area contributed by atoms with Gasteiger partial charge in [-0.25, -0.2) is 0 Å². The zero-order valence-electron chi connectivity index (χ0n) is 13.0. The number of hydrogen-bond acceptors (Lipinski definition) is 3. The van der Waals surface area contributed by atoms with E-state index in [1.807, 2.05) is 0 Å². The van der Waals surface area contributed by atoms with Crippen molar-refractivity contribution in [3.05, 3.63) is 0 Å². The molecule has 1 aliphatic rings. The molecule has 1 saturated carbocycles. The van der Waals surface area contributed by atoms with Crippen molar-refractivity contribution in [2.24, 2.45) is 17.6 Å². The first-order chi connectivity index (χ1) is 8.96. The van der Waals surface area contributed by atoms with Gasteiger partial charge in [0.1, 0.15) is 5.54 Å². The topological polar surface area (TPSA) is 58.4 Å². The monoisotopic (exact) mass is 269 g/mol. The highest BCUT2D eigenvalue weighted by molar-refractivity contribution is 5.86. The van der Waals surface area contributed by atoms with Crippen molar-refractivity contribution in [2.45, 2.75) is 52.0 Å². The number of hydrogen-bond donors (Lipinski definition) is 2. The maximum atomic E-state index is 12.0. The number of nitrogens with one attached hydrogen (secondary N) is 1. The lowest BCUT2D eigenvalue weighted by Gasteiger charge is -2.36. The van der Waals surface area contributed by atoms with E-state index in [4.69, 9.17) is 5.73 Å². The fourth-order valence-electron chi connectivity index (χ4n) is 2.77. The van der Waals surface area contributed by atoms with E-state index in [-0.39, 0.29) is 5.91 Å². The minimum Gasteiger partial charge on any atom is -0.368 e. The van der Waals surface area contributed by atoms with Gasteiger partial charge >= 0.3 is 0 Å². The summed E-state index contributed by atoms with van der Waals surface area (Å²) in [6.45, 7) is 9.18. The second-order valence-electron chi connectivity index (χ2n) is 6.25. The van der Waals surface area contributed by atoms with Crippen LogP contribution in [0, 0.1) is 11.8 Å². The van der Waals surface area contributed by atoms with Crippen LogP contribution in [0.4, 0.5) is 0 Å². The standard InChI is InChI=1S/C15H31N3O/c1-5-9-17-15(14(16)19,13-7-8-13)11-18(4)10-12(3)6-2/h12-13,17H,5-11H2,1-4H3,(H2,16,19). The molecule has 1 rings (SSSR count). The number of carbonyl (C=O) groups is 1. The van der Waals surface area contributed by atoms with Gasteiger partial charge in [-0.3, -0.25) is 4.79 Å². The SMILES string of the molecule is CCCNC(CN(C)CC(C)CC)(C(N)=O)C1CC1. The van der Waals surface area contributed by atoms with Gasteiger partial charge in [-0.15, -0.1) is 0 Å². The van der Waals surface area contributed by atoms with Crippen molar-refractivity contribution in [2.75, 3.05) is 26.7 Å². The van der Waals surface area contributed by atoms with Gasteiger partial charge in [0.05, 0.1) is 0 Å². The molecule has 0 radical (unpaired) electrons. The molecule has 1 amide bonds. The quantitative estimate of drug-likeness (QED) is 0.633. The van der Waals surface area contributed by atoms with Gasteiger partial charge in [0.2, 0.25) is 5.91 Å². The third kappa shape index (κ3) is 4.46. The molecular weight excluding hydrogens is 238 g/mol. The predicted octanol–water partition coefficient (Wildman–Crippen LogP) is 1.60. The lowest BCUT2D eigenvalue weighted by atomic mass is 9.90. The van der Waals surface area contributed by atoms with Gasteiger partial charge in [-0.2, -0.15) is 0 Å². The Kier molecular flexibility index (Phi) is 6.27. The first-order valence-corrected chi connectivity index (χ1v) is 7.69. The fraction of sp³-hybridized carbons (Fsp3) is 0.933. The zero-order valence-corrected chi connectivity index (χ0v) is 13.0. The van der Waals surface area contributed by atoms with Crippen LogP contribution in [0.3, 0.4) is 0 Å². The highest BCUT2D eigenvalue weighted by atomic mass is 16.1. The largest absolute Gasteiger partial charge is 0.368 e. The van der Waals surface area contributed by atoms with E-state index in [0.717, 1.165) is 38.9 Å². The molecule has 1 aliphatic carbocycles. The Bertz CT molecular complexity index is 291. The summed E-state index contributed by atoms with van der Waals surface area (Å²) in [6.07, 6.45) is 4.43. The molecule has 19 heavy (non-hydrogen) atoms. The molecule has 112 valence electrons. The Labute approximate surface area is 118 Å². The van der Waals surface area contributed by atoms with Gasteiger partial charge in [0, 0.05) is 13.1 Å². The summed E-state index contributed by atoms with van der Waals surface area (Å²) < 4.78 is 0. The normalized spacial score (nSPS) is 20.3. The highest BCUT2D eigenvalue weighted by Gasteiger charge is 2.49. The Balaban J connectivity index is 2.69. The summed E-state index contributed by atoms with van der Waals surface area (Å²) in [6, 6.07) is 0. The van der Waals surface area contributed by atoms with Crippen LogP contribution in [0.2, 0.25) is 0 Å². The van der Waals surface area contributed by atoms with Crippen molar-refractivity contribution in [1.29, 1.82) is 0 Å². The molecule has 0 bridgehead atoms. The van der Waals surface area contributed by atoms with E-state index in [1.165, 1.54) is 6.42 Å². The molecule has 0 aromatic heterocycles. The van der Waals surface area contributed by atoms with Crippen LogP contribution < -0.4 is 11.1 Å². The predicted molar refractivity (Wildman–Crippen MR) is 79.9 cm³/mol. The fourth-order valence-corrected chi connectivity index (χ4v) is 2.77. The van der Waals surface area contributed by atoms with Crippen molar-refractivity contribution >= 4 is 5.91 Å². The maximum Gasteiger partial charge on any atom is 0.239 e. The molecule has 0 aromatic carbocycles. The second-order valence-corrected chi connectivity index (χ2v) is 6.25. The number of primary amides is 1. The van der Waals surface area contributed by atoms with Gasteiger partial charge in [0.15, 0.2) is 0 Å². The molecular formula is C15H31N3O. The molecule has 3 N–H and O–H groups in total. The smallest absolute Gasteiger partial charge is 0.239 e. The van der Waals surface area contributed by atoms with E-state index in [2.05, 4.69) is 38.0 Å². The summed E-state index contributed by atoms with van der Waals surface area (Å²) in [5, 5.41) is 3.45. The van der Waals surface area contributed by atoms with Crippen LogP contribution in [0.5, 0.6) is 0 Å². The van der Waals surface area contributed by atoms with Gasteiger partial charge in [-0.05, 0) is 44.7 Å². The molecule has 2 unspecified atom stereocenters. The molecule has 4 heteroatoms. The summed E-state index contributed by atoms with van der Waals surface area (Å²) in [4.78, 5) is 14.3. The van der Waals surface area contributed by atoms with Crippen molar-refractivity contribution in [3.63, 3.8) is 0 Å². The lowest BCUT2D eigenvalue weighted by molar-refractivity contribution is -0.126. The van der Waals surface area contributed by atoms with Crippen LogP contribution >= 0.6 is 0 Å². The number of nitrogens with zero attached hydrogens (tertiary/aromatic N) is 1. The average Bonchev–Trinajstić information content (AvgIpc) is 3.18. The van der Waals surface area contributed by atoms with E-state index in [9.17, 15) is 4.79 Å². The number of nitrogens with two attached hydrogens (primary N) is 1. The number of likely N-dealkylation sites (N-methyl/N-ethyl adjacent to an activating group) is 1. The molecule has 2 atom stereocenters. The Morgan fingerprint density at radius 2 is 2.11 bits per heavy atom. The van der Waals surface area contributed by atoms with Crippen LogP contribution in [0.15, 0.2) is 0 Å². The van der Waals surface area contributed by atoms with Crippen LogP contribution in [-0.2, 0) is 4.79 Å². The van der Waals surface area contributed by atoms with Crippen molar-refractivity contribution in [3.8, 4) is 0 Å². The van der Waals surface area contributed by atoms with Crippen LogP contribution in [0.25, 0.3) is 0 Å². The van der Waals surface area contributed by atoms with E-state index < -0.39 is 5.54 Å². The van der Waals surface area contributed by atoms with Crippen molar-refractivity contribution in [1.82, 2.24) is 10.2 Å². The molecule has 0 saturated heterocycles. The second kappa shape index (κ2) is 7.25. The summed E-state index contributed by atoms with van der Waals surface area (Å²) in [5.41, 5.74) is 5.22. The van der Waals surface area contributed by atoms with Gasteiger partial charge in [0.25, 0.3) is 0 Å². The first-order valence-electron chi connectivity index (χ1n) is 7.69. The first kappa shape index (κ1) is 16.4. The zero-order chi connectivity index (χ0) is 14.5. The third-order valence-corrected chi connectivity index (χ3v) is 4.24. The summed E-state index contributed by atoms with van der Waals surface area (Å²) in [7, 11) is 2.10. The molecule has 0 aliphatic heterocycles. The Morgan fingerprint density at radius 3 is 2.53 bits per heavy atom. The number of carbonyl (C=O) groups excluding carboxylic acids is 1. The molecule has 4 nitrogen and oxygen atoms in total. The highest BCUT2D eigenvalue weighted by Crippen LogP contribution is 2.40. The summed E-state index contributed by atoms with van der Waals surface area (Å²) in [5.74, 6) is 0.899. The van der Waals surface area contributed by atoms with Crippen LogP contribution in [0.1, 0.15) is 46.5 Å². The number of amides is 1. The van der Waals surface area contributed by atoms with E-state index in [0.29, 0.717) is 11.8 Å². The maximum absolute atomic E-state index is 12.0. The van der Waals surface area contributed by atoms with Gasteiger partial charge < -0.3 is 16.0 Å². The van der Waals surface area contributed by atoms with E-state index >= 15 is 0 Å². The molecule has 1 fully saturated rings. The van der Waals surface area contributed by atoms with E-state index in [1.54, 1.807) is 0 Å². The minimum absolute atomic E-state index is 0.181. The average molecular weight is 269 g/mol. The minimum atomic E-state index is -0.516. The van der Waals surface area contributed by atoms with Gasteiger partial charge in [-0.1, -0.05) is 27.2 Å². The van der Waals surface area contributed by atoms with Crippen molar-refractivity contribution < 1.29 is 4.79 Å². The summed E-state index contributed by atoms with van der Waals surface area (Å²) >= 11 is 0. The molecule has 0 heterocycles. The lowest BCUT2D eigenvalue weighted by Crippen LogP contribution is -2.63. The van der Waals surface area contributed by atoms with Crippen LogP contribution in [-0.4, -0.2) is 43.0 Å². The Morgan fingerprint density at radius 1 is 1.47 bits per heavy atom.